The molecule has 7 nitrogen and oxygen atoms in total. The van der Waals surface area contributed by atoms with Gasteiger partial charge in [0, 0.05) is 16.9 Å². The van der Waals surface area contributed by atoms with E-state index >= 15 is 0 Å². The molecule has 29 heavy (non-hydrogen) atoms. The van der Waals surface area contributed by atoms with Crippen LogP contribution in [0.4, 0.5) is 5.69 Å². The van der Waals surface area contributed by atoms with Gasteiger partial charge in [0.1, 0.15) is 0 Å². The number of esters is 1. The molecule has 0 aliphatic carbocycles. The number of nitriles is 1. The zero-order valence-corrected chi connectivity index (χ0v) is 16.2. The van der Waals surface area contributed by atoms with E-state index in [1.807, 2.05) is 50.2 Å². The van der Waals surface area contributed by atoms with Gasteiger partial charge in [-0.3, -0.25) is 9.59 Å². The zero-order chi connectivity index (χ0) is 20.8. The largest absolute Gasteiger partial charge is 0.455 e. The lowest BCUT2D eigenvalue weighted by molar-refractivity contribution is -0.146. The highest BCUT2D eigenvalue weighted by Gasteiger charge is 2.17. The molecule has 1 amide bonds. The molecule has 0 unspecified atom stereocenters. The third-order valence-corrected chi connectivity index (χ3v) is 4.40. The number of aryl methyl sites for hydroxylation is 1. The van der Waals surface area contributed by atoms with Gasteiger partial charge in [-0.1, -0.05) is 24.3 Å². The van der Waals surface area contributed by atoms with Crippen LogP contribution >= 0.6 is 0 Å². The van der Waals surface area contributed by atoms with E-state index in [1.54, 1.807) is 28.9 Å². The standard InChI is InChI=1S/C22H20N4O3/c1-15-20(16(2)26(25-15)19-9-4-3-5-10-19)12-22(28)29-14-21(27)24-18-8-6-7-17(11-18)13-23/h3-11H,12,14H2,1-2H3,(H,24,27). The van der Waals surface area contributed by atoms with E-state index in [0.29, 0.717) is 11.3 Å². The first-order chi connectivity index (χ1) is 14.0. The van der Waals surface area contributed by atoms with Crippen molar-refractivity contribution in [1.82, 2.24) is 9.78 Å². The van der Waals surface area contributed by atoms with Crippen LogP contribution in [0, 0.1) is 25.2 Å². The Morgan fingerprint density at radius 1 is 1.14 bits per heavy atom. The Balaban J connectivity index is 1.59. The summed E-state index contributed by atoms with van der Waals surface area (Å²) in [5.41, 5.74) is 4.18. The van der Waals surface area contributed by atoms with Crippen LogP contribution in [0.1, 0.15) is 22.5 Å². The fourth-order valence-corrected chi connectivity index (χ4v) is 2.96. The van der Waals surface area contributed by atoms with Crippen molar-refractivity contribution in [2.45, 2.75) is 20.3 Å². The maximum Gasteiger partial charge on any atom is 0.310 e. The minimum atomic E-state index is -0.510. The fourth-order valence-electron chi connectivity index (χ4n) is 2.96. The lowest BCUT2D eigenvalue weighted by atomic mass is 10.1. The van der Waals surface area contributed by atoms with E-state index in [-0.39, 0.29) is 6.42 Å². The molecule has 0 bridgehead atoms. The summed E-state index contributed by atoms with van der Waals surface area (Å²) < 4.78 is 6.89. The Hall–Kier alpha value is -3.92. The Labute approximate surface area is 168 Å². The normalized spacial score (nSPS) is 10.2. The second kappa shape index (κ2) is 8.85. The average Bonchev–Trinajstić information content (AvgIpc) is 3.01. The Morgan fingerprint density at radius 2 is 1.90 bits per heavy atom. The summed E-state index contributed by atoms with van der Waals surface area (Å²) in [5, 5.41) is 16.0. The summed E-state index contributed by atoms with van der Waals surface area (Å²) in [6.45, 7) is 3.33. The topological polar surface area (TPSA) is 97.0 Å². The van der Waals surface area contributed by atoms with Gasteiger partial charge in [0.25, 0.3) is 5.91 Å². The molecular weight excluding hydrogens is 368 g/mol. The number of benzene rings is 2. The molecule has 146 valence electrons. The molecule has 3 aromatic rings. The second-order valence-electron chi connectivity index (χ2n) is 6.47. The number of para-hydroxylation sites is 1. The SMILES string of the molecule is Cc1nn(-c2ccccc2)c(C)c1CC(=O)OCC(=O)Nc1cccc(C#N)c1. The minimum absolute atomic E-state index is 0.0295. The van der Waals surface area contributed by atoms with Crippen LogP contribution < -0.4 is 5.32 Å². The molecule has 0 saturated carbocycles. The van der Waals surface area contributed by atoms with Crippen molar-refractivity contribution in [2.75, 3.05) is 11.9 Å². The molecule has 0 radical (unpaired) electrons. The maximum atomic E-state index is 12.2. The van der Waals surface area contributed by atoms with Gasteiger partial charge in [-0.25, -0.2) is 4.68 Å². The summed E-state index contributed by atoms with van der Waals surface area (Å²) in [4.78, 5) is 24.2. The van der Waals surface area contributed by atoms with Crippen molar-refractivity contribution in [3.05, 3.63) is 77.1 Å². The van der Waals surface area contributed by atoms with E-state index in [2.05, 4.69) is 10.4 Å². The van der Waals surface area contributed by atoms with Gasteiger partial charge in [0.15, 0.2) is 6.61 Å². The van der Waals surface area contributed by atoms with Gasteiger partial charge in [-0.05, 0) is 44.2 Å². The molecule has 1 N–H and O–H groups in total. The highest BCUT2D eigenvalue weighted by Crippen LogP contribution is 2.18. The van der Waals surface area contributed by atoms with Crippen LogP contribution in [0.25, 0.3) is 5.69 Å². The van der Waals surface area contributed by atoms with E-state index in [1.165, 1.54) is 0 Å². The molecule has 0 fully saturated rings. The number of ether oxygens (including phenoxy) is 1. The Bertz CT molecular complexity index is 1080. The molecule has 0 aliphatic rings. The Morgan fingerprint density at radius 3 is 2.62 bits per heavy atom. The molecule has 1 aromatic heterocycles. The summed E-state index contributed by atoms with van der Waals surface area (Å²) in [6, 6.07) is 18.1. The third-order valence-electron chi connectivity index (χ3n) is 4.40. The van der Waals surface area contributed by atoms with Crippen molar-refractivity contribution in [2.24, 2.45) is 0 Å². The quantitative estimate of drug-likeness (QED) is 0.655. The number of nitrogens with zero attached hydrogens (tertiary/aromatic N) is 3. The zero-order valence-electron chi connectivity index (χ0n) is 16.2. The predicted octanol–water partition coefficient (Wildman–Crippen LogP) is 3.09. The predicted molar refractivity (Wildman–Crippen MR) is 107 cm³/mol. The number of anilines is 1. The number of hydrogen-bond donors (Lipinski definition) is 1. The molecule has 0 atom stereocenters. The van der Waals surface area contributed by atoms with Gasteiger partial charge in [-0.2, -0.15) is 10.4 Å². The molecule has 0 spiro atoms. The molecule has 7 heteroatoms. The van der Waals surface area contributed by atoms with Gasteiger partial charge < -0.3 is 10.1 Å². The van der Waals surface area contributed by atoms with Gasteiger partial charge in [0.05, 0.1) is 29.4 Å². The highest BCUT2D eigenvalue weighted by molar-refractivity contribution is 5.93. The van der Waals surface area contributed by atoms with E-state index < -0.39 is 18.5 Å². The number of nitrogens with one attached hydrogen (secondary N) is 1. The first-order valence-electron chi connectivity index (χ1n) is 9.04. The highest BCUT2D eigenvalue weighted by atomic mass is 16.5. The number of hydrogen-bond acceptors (Lipinski definition) is 5. The van der Waals surface area contributed by atoms with Crippen molar-refractivity contribution < 1.29 is 14.3 Å². The number of carbonyl (C=O) groups excluding carboxylic acids is 2. The summed E-state index contributed by atoms with van der Waals surface area (Å²) in [5.74, 6) is -0.980. The monoisotopic (exact) mass is 388 g/mol. The van der Waals surface area contributed by atoms with E-state index in [9.17, 15) is 9.59 Å². The lowest BCUT2D eigenvalue weighted by Crippen LogP contribution is -2.21. The first kappa shape index (κ1) is 19.8. The Kier molecular flexibility index (Phi) is 6.05. The van der Waals surface area contributed by atoms with Crippen LogP contribution in [0.2, 0.25) is 0 Å². The molecular formula is C22H20N4O3. The number of carbonyl (C=O) groups is 2. The average molecular weight is 388 g/mol. The lowest BCUT2D eigenvalue weighted by Gasteiger charge is -2.08. The van der Waals surface area contributed by atoms with Crippen LogP contribution in [-0.2, 0) is 20.7 Å². The second-order valence-corrected chi connectivity index (χ2v) is 6.47. The van der Waals surface area contributed by atoms with Gasteiger partial charge >= 0.3 is 5.97 Å². The first-order valence-corrected chi connectivity index (χ1v) is 9.04. The summed E-state index contributed by atoms with van der Waals surface area (Å²) in [7, 11) is 0. The summed E-state index contributed by atoms with van der Waals surface area (Å²) >= 11 is 0. The van der Waals surface area contributed by atoms with Crippen molar-refractivity contribution in [3.63, 3.8) is 0 Å². The van der Waals surface area contributed by atoms with Crippen molar-refractivity contribution in [1.29, 1.82) is 5.26 Å². The van der Waals surface area contributed by atoms with E-state index in [0.717, 1.165) is 22.6 Å². The number of amides is 1. The van der Waals surface area contributed by atoms with Gasteiger partial charge in [0.2, 0.25) is 0 Å². The number of aromatic nitrogens is 2. The smallest absolute Gasteiger partial charge is 0.310 e. The molecule has 0 aliphatic heterocycles. The minimum Gasteiger partial charge on any atom is -0.455 e. The van der Waals surface area contributed by atoms with Crippen LogP contribution in [0.3, 0.4) is 0 Å². The van der Waals surface area contributed by atoms with Crippen LogP contribution in [0.15, 0.2) is 54.6 Å². The van der Waals surface area contributed by atoms with Crippen LogP contribution in [0.5, 0.6) is 0 Å². The third kappa shape index (κ3) is 4.87. The maximum absolute atomic E-state index is 12.2. The molecule has 2 aromatic carbocycles. The molecule has 3 rings (SSSR count). The van der Waals surface area contributed by atoms with Crippen LogP contribution in [-0.4, -0.2) is 28.3 Å². The van der Waals surface area contributed by atoms with Gasteiger partial charge in [-0.15, -0.1) is 0 Å². The fraction of sp³-hybridized carbons (Fsp3) is 0.182. The number of rotatable bonds is 6. The molecule has 1 heterocycles. The van der Waals surface area contributed by atoms with E-state index in [4.69, 9.17) is 10.00 Å². The molecule has 0 saturated heterocycles. The van der Waals surface area contributed by atoms with Crippen molar-refractivity contribution in [3.8, 4) is 11.8 Å². The summed E-state index contributed by atoms with van der Waals surface area (Å²) in [6.07, 6.45) is 0.0295. The van der Waals surface area contributed by atoms with Crippen molar-refractivity contribution >= 4 is 17.6 Å².